The minimum absolute atomic E-state index is 0.0438. The third-order valence-corrected chi connectivity index (χ3v) is 7.16. The summed E-state index contributed by atoms with van der Waals surface area (Å²) < 4.78 is 32.5. The minimum atomic E-state index is -4.21. The van der Waals surface area contributed by atoms with Crippen molar-refractivity contribution < 1.29 is 22.7 Å². The van der Waals surface area contributed by atoms with Gasteiger partial charge in [-0.2, -0.15) is 0 Å². The Kier molecular flexibility index (Phi) is 6.53. The molecule has 156 valence electrons. The lowest BCUT2D eigenvalue weighted by Crippen LogP contribution is -2.38. The van der Waals surface area contributed by atoms with Gasteiger partial charge in [0.2, 0.25) is 5.91 Å². The van der Waals surface area contributed by atoms with Gasteiger partial charge in [0.15, 0.2) is 0 Å². The lowest BCUT2D eigenvalue weighted by atomic mass is 10.2. The Bertz CT molecular complexity index is 1160. The van der Waals surface area contributed by atoms with E-state index in [1.165, 1.54) is 18.6 Å². The fourth-order valence-electron chi connectivity index (χ4n) is 2.80. The molecule has 1 amide bonds. The minimum Gasteiger partial charge on any atom is -0.465 e. The standard InChI is InChI=1S/C21H20N2O5S2/c1-15-8-6-7-11-17(15)22-19(24)14-23(16-9-4-3-5-10-16)30(26,27)18-12-13-29-20(18)21(25)28-2/h3-13H,14H2,1-2H3,(H,22,24). The average molecular weight is 445 g/mol. The van der Waals surface area contributed by atoms with Crippen molar-refractivity contribution in [2.45, 2.75) is 11.8 Å². The third-order valence-electron chi connectivity index (χ3n) is 4.32. The van der Waals surface area contributed by atoms with Crippen LogP contribution in [0, 0.1) is 6.92 Å². The highest BCUT2D eigenvalue weighted by atomic mass is 32.2. The highest BCUT2D eigenvalue weighted by molar-refractivity contribution is 7.93. The Labute approximate surface area is 179 Å². The number of sulfonamides is 1. The van der Waals surface area contributed by atoms with Gasteiger partial charge in [-0.1, -0.05) is 36.4 Å². The smallest absolute Gasteiger partial charge is 0.349 e. The molecule has 0 atom stereocenters. The molecule has 0 fully saturated rings. The highest BCUT2D eigenvalue weighted by Crippen LogP contribution is 2.29. The maximum atomic E-state index is 13.4. The lowest BCUT2D eigenvalue weighted by Gasteiger charge is -2.24. The van der Waals surface area contributed by atoms with Crippen LogP contribution >= 0.6 is 11.3 Å². The lowest BCUT2D eigenvalue weighted by molar-refractivity contribution is -0.114. The summed E-state index contributed by atoms with van der Waals surface area (Å²) in [5.74, 6) is -1.26. The molecule has 9 heteroatoms. The van der Waals surface area contributed by atoms with Crippen LogP contribution < -0.4 is 9.62 Å². The molecule has 2 aromatic carbocycles. The fourth-order valence-corrected chi connectivity index (χ4v) is 5.54. The number of hydrogen-bond acceptors (Lipinski definition) is 6. The van der Waals surface area contributed by atoms with E-state index in [2.05, 4.69) is 5.32 Å². The van der Waals surface area contributed by atoms with Crippen molar-refractivity contribution in [1.29, 1.82) is 0 Å². The number of nitrogens with zero attached hydrogens (tertiary/aromatic N) is 1. The van der Waals surface area contributed by atoms with E-state index in [0.717, 1.165) is 21.2 Å². The molecule has 0 spiro atoms. The number of thiophene rings is 1. The zero-order chi connectivity index (χ0) is 21.7. The van der Waals surface area contributed by atoms with Crippen molar-refractivity contribution in [3.05, 3.63) is 76.5 Å². The van der Waals surface area contributed by atoms with E-state index >= 15 is 0 Å². The summed E-state index contributed by atoms with van der Waals surface area (Å²) in [6, 6.07) is 16.8. The zero-order valence-electron chi connectivity index (χ0n) is 16.4. The summed E-state index contributed by atoms with van der Waals surface area (Å²) in [5, 5.41) is 4.24. The van der Waals surface area contributed by atoms with Crippen molar-refractivity contribution >= 4 is 44.6 Å². The molecule has 0 aliphatic carbocycles. The molecule has 0 aliphatic rings. The molecule has 1 heterocycles. The van der Waals surface area contributed by atoms with Gasteiger partial charge < -0.3 is 10.1 Å². The van der Waals surface area contributed by atoms with Crippen molar-refractivity contribution in [2.24, 2.45) is 0 Å². The second-order valence-electron chi connectivity index (χ2n) is 6.32. The van der Waals surface area contributed by atoms with Crippen molar-refractivity contribution in [3.63, 3.8) is 0 Å². The summed E-state index contributed by atoms with van der Waals surface area (Å²) >= 11 is 0.964. The van der Waals surface area contributed by atoms with Crippen molar-refractivity contribution in [2.75, 3.05) is 23.3 Å². The second kappa shape index (κ2) is 9.10. The number of ether oxygens (including phenoxy) is 1. The molecule has 0 bridgehead atoms. The first-order chi connectivity index (χ1) is 14.3. The first kappa shape index (κ1) is 21.5. The van der Waals surface area contributed by atoms with E-state index in [9.17, 15) is 18.0 Å². The van der Waals surface area contributed by atoms with Crippen molar-refractivity contribution in [3.8, 4) is 0 Å². The number of carbonyl (C=O) groups excluding carboxylic acids is 2. The number of hydrogen-bond donors (Lipinski definition) is 1. The van der Waals surface area contributed by atoms with Gasteiger partial charge >= 0.3 is 5.97 Å². The first-order valence-electron chi connectivity index (χ1n) is 8.93. The Morgan fingerprint density at radius 2 is 1.70 bits per heavy atom. The molecule has 1 N–H and O–H groups in total. The van der Waals surface area contributed by atoms with Crippen LogP contribution in [-0.4, -0.2) is 33.9 Å². The maximum Gasteiger partial charge on any atom is 0.349 e. The summed E-state index contributed by atoms with van der Waals surface area (Å²) in [6.45, 7) is 1.38. The third kappa shape index (κ3) is 4.52. The Balaban J connectivity index is 1.98. The Hall–Kier alpha value is -3.17. The molecule has 0 radical (unpaired) electrons. The van der Waals surface area contributed by atoms with Crippen LogP contribution in [0.2, 0.25) is 0 Å². The monoisotopic (exact) mass is 444 g/mol. The number of methoxy groups -OCH3 is 1. The highest BCUT2D eigenvalue weighted by Gasteiger charge is 2.32. The van der Waals surface area contributed by atoms with Crippen LogP contribution in [-0.2, 0) is 19.6 Å². The summed E-state index contributed by atoms with van der Waals surface area (Å²) in [5.41, 5.74) is 1.75. The number of rotatable bonds is 7. The summed E-state index contributed by atoms with van der Waals surface area (Å²) in [7, 11) is -3.03. The topological polar surface area (TPSA) is 92.8 Å². The van der Waals surface area contributed by atoms with Crippen LogP contribution in [0.5, 0.6) is 0 Å². The van der Waals surface area contributed by atoms with E-state index in [1.807, 2.05) is 19.1 Å². The van der Waals surface area contributed by atoms with Gasteiger partial charge in [0.1, 0.15) is 16.3 Å². The van der Waals surface area contributed by atoms with E-state index in [1.54, 1.807) is 42.5 Å². The number of aryl methyl sites for hydroxylation is 1. The fraction of sp³-hybridized carbons (Fsp3) is 0.143. The largest absolute Gasteiger partial charge is 0.465 e. The van der Waals surface area contributed by atoms with Gasteiger partial charge in [-0.15, -0.1) is 11.3 Å². The molecule has 0 unspecified atom stereocenters. The van der Waals surface area contributed by atoms with E-state index in [4.69, 9.17) is 4.74 Å². The molecule has 7 nitrogen and oxygen atoms in total. The quantitative estimate of drug-likeness (QED) is 0.561. The van der Waals surface area contributed by atoms with E-state index < -0.39 is 28.4 Å². The molecule has 3 rings (SSSR count). The SMILES string of the molecule is COC(=O)c1sccc1S(=O)(=O)N(CC(=O)Nc1ccccc1C)c1ccccc1. The van der Waals surface area contributed by atoms with Crippen LogP contribution in [0.25, 0.3) is 0 Å². The summed E-state index contributed by atoms with van der Waals surface area (Å²) in [4.78, 5) is 24.5. The predicted molar refractivity (Wildman–Crippen MR) is 116 cm³/mol. The first-order valence-corrected chi connectivity index (χ1v) is 11.3. The van der Waals surface area contributed by atoms with Crippen LogP contribution in [0.4, 0.5) is 11.4 Å². The number of amides is 1. The van der Waals surface area contributed by atoms with E-state index in [-0.39, 0.29) is 9.77 Å². The zero-order valence-corrected chi connectivity index (χ0v) is 18.0. The van der Waals surface area contributed by atoms with Gasteiger partial charge in [-0.25, -0.2) is 13.2 Å². The molecule has 0 saturated carbocycles. The number of carbonyl (C=O) groups is 2. The van der Waals surface area contributed by atoms with Gasteiger partial charge in [-0.05, 0) is 42.1 Å². The van der Waals surface area contributed by atoms with Gasteiger partial charge in [-0.3, -0.25) is 9.10 Å². The second-order valence-corrected chi connectivity index (χ2v) is 9.06. The maximum absolute atomic E-state index is 13.4. The number of benzene rings is 2. The predicted octanol–water partition coefficient (Wildman–Crippen LogP) is 3.68. The van der Waals surface area contributed by atoms with Crippen LogP contribution in [0.1, 0.15) is 15.2 Å². The molecule has 1 aromatic heterocycles. The van der Waals surface area contributed by atoms with Gasteiger partial charge in [0.05, 0.1) is 12.8 Å². The number of anilines is 2. The van der Waals surface area contributed by atoms with E-state index in [0.29, 0.717) is 11.4 Å². The molecule has 30 heavy (non-hydrogen) atoms. The van der Waals surface area contributed by atoms with Gasteiger partial charge in [0.25, 0.3) is 10.0 Å². The number of nitrogens with one attached hydrogen (secondary N) is 1. The van der Waals surface area contributed by atoms with Crippen LogP contribution in [0.3, 0.4) is 0 Å². The number of para-hydroxylation sites is 2. The molecular weight excluding hydrogens is 424 g/mol. The van der Waals surface area contributed by atoms with Crippen LogP contribution in [0.15, 0.2) is 70.9 Å². The number of esters is 1. The van der Waals surface area contributed by atoms with Crippen molar-refractivity contribution in [1.82, 2.24) is 0 Å². The Morgan fingerprint density at radius 1 is 1.03 bits per heavy atom. The average Bonchev–Trinajstić information content (AvgIpc) is 3.24. The molecule has 3 aromatic rings. The normalized spacial score (nSPS) is 11.0. The molecular formula is C21H20N2O5S2. The van der Waals surface area contributed by atoms with Gasteiger partial charge in [0, 0.05) is 5.69 Å². The molecule has 0 aliphatic heterocycles. The Morgan fingerprint density at radius 3 is 2.37 bits per heavy atom. The molecule has 0 saturated heterocycles. The summed E-state index contributed by atoms with van der Waals surface area (Å²) in [6.07, 6.45) is 0.